The Morgan fingerprint density at radius 1 is 0.553 bits per heavy atom. The molecule has 1 aliphatic carbocycles. The first-order chi connectivity index (χ1) is 18.6. The van der Waals surface area contributed by atoms with E-state index in [-0.39, 0.29) is 0 Å². The van der Waals surface area contributed by atoms with Crippen LogP contribution in [-0.4, -0.2) is 9.13 Å². The van der Waals surface area contributed by atoms with Crippen LogP contribution in [0.25, 0.3) is 32.9 Å². The van der Waals surface area contributed by atoms with E-state index in [9.17, 15) is 10.5 Å². The van der Waals surface area contributed by atoms with Crippen LogP contribution < -0.4 is 11.5 Å². The van der Waals surface area contributed by atoms with Gasteiger partial charge < -0.3 is 11.5 Å². The Morgan fingerprint density at radius 3 is 1.37 bits per heavy atom. The summed E-state index contributed by atoms with van der Waals surface area (Å²) < 4.78 is 3.98. The highest BCUT2D eigenvalue weighted by Gasteiger charge is 2.33. The van der Waals surface area contributed by atoms with E-state index in [0.29, 0.717) is 35.6 Å². The lowest BCUT2D eigenvalue weighted by Gasteiger charge is -2.21. The zero-order chi connectivity index (χ0) is 26.0. The quantitative estimate of drug-likeness (QED) is 0.311. The number of anilines is 2. The molecule has 0 saturated heterocycles. The summed E-state index contributed by atoms with van der Waals surface area (Å²) in [6.45, 7) is 0. The minimum absolute atomic E-state index is 0.419. The van der Waals surface area contributed by atoms with Crippen molar-refractivity contribution in [1.29, 1.82) is 10.5 Å². The highest BCUT2D eigenvalue weighted by molar-refractivity contribution is 5.92. The fraction of sp³-hybridized carbons (Fsp3) is 0.0625. The molecular weight excluding hydrogens is 468 g/mol. The highest BCUT2D eigenvalue weighted by atomic mass is 15.1. The molecule has 0 amide bonds. The molecule has 1 aliphatic rings. The van der Waals surface area contributed by atoms with Gasteiger partial charge >= 0.3 is 0 Å². The summed E-state index contributed by atoms with van der Waals surface area (Å²) >= 11 is 0. The molecule has 2 aromatic heterocycles. The SMILES string of the molecule is N#Cc1c2c(n(-c3cccc4ccccc34)c1N)Cc1c(C#N)c(N)n(-c3cccc4ccccc34)c1C2. The van der Waals surface area contributed by atoms with E-state index in [1.165, 1.54) is 0 Å². The van der Waals surface area contributed by atoms with Crippen molar-refractivity contribution < 1.29 is 0 Å². The maximum absolute atomic E-state index is 10.2. The van der Waals surface area contributed by atoms with E-state index in [2.05, 4.69) is 48.5 Å². The number of hydrogen-bond donors (Lipinski definition) is 2. The van der Waals surface area contributed by atoms with Crippen LogP contribution in [0.2, 0.25) is 0 Å². The molecule has 0 fully saturated rings. The van der Waals surface area contributed by atoms with Gasteiger partial charge in [0.1, 0.15) is 23.8 Å². The second-order valence-electron chi connectivity index (χ2n) is 9.62. The third kappa shape index (κ3) is 2.86. The Kier molecular flexibility index (Phi) is 4.60. The van der Waals surface area contributed by atoms with Gasteiger partial charge in [0.05, 0.1) is 22.5 Å². The number of nitrogens with zero attached hydrogens (tertiary/aromatic N) is 4. The zero-order valence-corrected chi connectivity index (χ0v) is 20.4. The Balaban J connectivity index is 1.50. The van der Waals surface area contributed by atoms with Crippen molar-refractivity contribution in [2.24, 2.45) is 0 Å². The van der Waals surface area contributed by atoms with Gasteiger partial charge in [0.25, 0.3) is 0 Å². The molecule has 4 N–H and O–H groups in total. The average molecular weight is 491 g/mol. The van der Waals surface area contributed by atoms with E-state index in [1.54, 1.807) is 0 Å². The molecular formula is C32H22N6. The predicted octanol–water partition coefficient (Wildman–Crippen LogP) is 5.98. The van der Waals surface area contributed by atoms with Crippen LogP contribution >= 0.6 is 0 Å². The lowest BCUT2D eigenvalue weighted by Crippen LogP contribution is -2.14. The van der Waals surface area contributed by atoms with E-state index >= 15 is 0 Å². The number of aromatic nitrogens is 2. The van der Waals surface area contributed by atoms with Crippen molar-refractivity contribution in [3.63, 3.8) is 0 Å². The molecule has 38 heavy (non-hydrogen) atoms. The number of hydrogen-bond acceptors (Lipinski definition) is 4. The lowest BCUT2D eigenvalue weighted by atomic mass is 9.91. The summed E-state index contributed by atoms with van der Waals surface area (Å²) in [5.74, 6) is 0.837. The Hall–Kier alpha value is -5.46. The topological polar surface area (TPSA) is 109 Å². The van der Waals surface area contributed by atoms with Crippen molar-refractivity contribution in [3.8, 4) is 23.5 Å². The van der Waals surface area contributed by atoms with Crippen molar-refractivity contribution in [1.82, 2.24) is 9.13 Å². The van der Waals surface area contributed by atoms with Gasteiger partial charge in [-0.3, -0.25) is 9.13 Å². The minimum atomic E-state index is 0.419. The largest absolute Gasteiger partial charge is 0.384 e. The number of benzene rings is 4. The summed E-state index contributed by atoms with van der Waals surface area (Å²) in [6, 6.07) is 33.2. The molecule has 0 radical (unpaired) electrons. The van der Waals surface area contributed by atoms with Crippen LogP contribution in [0.4, 0.5) is 11.6 Å². The molecule has 0 atom stereocenters. The fourth-order valence-electron chi connectivity index (χ4n) is 6.08. The number of nitriles is 2. The molecule has 0 unspecified atom stereocenters. The maximum Gasteiger partial charge on any atom is 0.126 e. The third-order valence-corrected chi connectivity index (χ3v) is 7.76. The molecule has 0 bridgehead atoms. The Morgan fingerprint density at radius 2 is 0.947 bits per heavy atom. The minimum Gasteiger partial charge on any atom is -0.384 e. The second-order valence-corrected chi connectivity index (χ2v) is 9.62. The van der Waals surface area contributed by atoms with E-state index in [4.69, 9.17) is 11.5 Å². The molecule has 0 saturated carbocycles. The van der Waals surface area contributed by atoms with E-state index in [0.717, 1.165) is 55.4 Å². The average Bonchev–Trinajstić information content (AvgIpc) is 3.38. The molecule has 0 spiro atoms. The van der Waals surface area contributed by atoms with Crippen molar-refractivity contribution in [2.75, 3.05) is 11.5 Å². The first kappa shape index (κ1) is 21.8. The van der Waals surface area contributed by atoms with Gasteiger partial charge in [0, 0.05) is 35.0 Å². The smallest absolute Gasteiger partial charge is 0.126 e. The molecule has 0 aliphatic heterocycles. The zero-order valence-electron chi connectivity index (χ0n) is 20.4. The van der Waals surface area contributed by atoms with Crippen molar-refractivity contribution in [2.45, 2.75) is 12.8 Å². The maximum atomic E-state index is 10.2. The van der Waals surface area contributed by atoms with E-state index in [1.807, 2.05) is 57.7 Å². The summed E-state index contributed by atoms with van der Waals surface area (Å²) in [6.07, 6.45) is 0.898. The van der Waals surface area contributed by atoms with Crippen LogP contribution in [0.1, 0.15) is 33.6 Å². The molecule has 180 valence electrons. The summed E-state index contributed by atoms with van der Waals surface area (Å²) in [7, 11) is 0. The number of fused-ring (bicyclic) bond motifs is 4. The number of nitrogens with two attached hydrogens (primary N) is 2. The van der Waals surface area contributed by atoms with Gasteiger partial charge in [-0.05, 0) is 34.0 Å². The molecule has 6 aromatic rings. The van der Waals surface area contributed by atoms with Gasteiger partial charge in [0.2, 0.25) is 0 Å². The number of rotatable bonds is 2. The summed E-state index contributed by atoms with van der Waals surface area (Å²) in [5, 5.41) is 24.7. The highest BCUT2D eigenvalue weighted by Crippen LogP contribution is 2.42. The molecule has 6 nitrogen and oxygen atoms in total. The normalized spacial score (nSPS) is 12.2. The van der Waals surface area contributed by atoms with Crippen molar-refractivity contribution in [3.05, 3.63) is 119 Å². The van der Waals surface area contributed by atoms with Gasteiger partial charge in [0.15, 0.2) is 0 Å². The second kappa shape index (κ2) is 8.03. The summed E-state index contributed by atoms with van der Waals surface area (Å²) in [4.78, 5) is 0. The fourth-order valence-corrected chi connectivity index (χ4v) is 6.08. The van der Waals surface area contributed by atoms with E-state index < -0.39 is 0 Å². The van der Waals surface area contributed by atoms with Gasteiger partial charge in [-0.25, -0.2) is 0 Å². The van der Waals surface area contributed by atoms with Crippen LogP contribution in [0.3, 0.4) is 0 Å². The molecule has 6 heteroatoms. The molecule has 4 aromatic carbocycles. The first-order valence-electron chi connectivity index (χ1n) is 12.4. The van der Waals surface area contributed by atoms with Crippen LogP contribution in [-0.2, 0) is 12.8 Å². The summed E-state index contributed by atoms with van der Waals surface area (Å²) in [5.41, 5.74) is 19.8. The lowest BCUT2D eigenvalue weighted by molar-refractivity contribution is 0.866. The molecule has 7 rings (SSSR count). The predicted molar refractivity (Wildman–Crippen MR) is 150 cm³/mol. The number of nitrogen functional groups attached to an aromatic ring is 2. The monoisotopic (exact) mass is 490 g/mol. The van der Waals surface area contributed by atoms with Crippen LogP contribution in [0, 0.1) is 22.7 Å². The van der Waals surface area contributed by atoms with Gasteiger partial charge in [-0.1, -0.05) is 72.8 Å². The Labute approximate surface area is 219 Å². The molecule has 2 heterocycles. The van der Waals surface area contributed by atoms with Gasteiger partial charge in [-0.15, -0.1) is 0 Å². The van der Waals surface area contributed by atoms with Gasteiger partial charge in [-0.2, -0.15) is 10.5 Å². The first-order valence-corrected chi connectivity index (χ1v) is 12.4. The van der Waals surface area contributed by atoms with Crippen molar-refractivity contribution >= 4 is 33.2 Å². The van der Waals surface area contributed by atoms with Crippen LogP contribution in [0.15, 0.2) is 84.9 Å². The van der Waals surface area contributed by atoms with Crippen LogP contribution in [0.5, 0.6) is 0 Å². The standard InChI is InChI=1S/C32H22N6/c33-17-25-23-16-30-24(15-29(23)37(31(25)35)27-13-5-9-19-7-1-3-11-21(19)27)26(18-34)32(36)38(30)28-14-6-10-20-8-2-4-12-22(20)28/h1-14H,15-16,35-36H2. The third-order valence-electron chi connectivity index (χ3n) is 7.76. The Bertz CT molecular complexity index is 1870.